The van der Waals surface area contributed by atoms with Gasteiger partial charge in [0.05, 0.1) is 10.6 Å². The minimum atomic E-state index is -4.18. The second-order valence-corrected chi connectivity index (χ2v) is 13.6. The van der Waals surface area contributed by atoms with Gasteiger partial charge in [-0.05, 0) is 88.7 Å². The number of nitrogens with zero attached hydrogens (tertiary/aromatic N) is 2. The molecule has 214 valence electrons. The van der Waals surface area contributed by atoms with Gasteiger partial charge in [0.1, 0.15) is 12.6 Å². The van der Waals surface area contributed by atoms with E-state index in [2.05, 4.69) is 5.32 Å². The van der Waals surface area contributed by atoms with Crippen molar-refractivity contribution in [1.82, 2.24) is 10.2 Å². The topological polar surface area (TPSA) is 86.8 Å². The molecule has 2 amide bonds. The number of rotatable bonds is 9. The van der Waals surface area contributed by atoms with Crippen LogP contribution in [0, 0.1) is 6.92 Å². The van der Waals surface area contributed by atoms with E-state index in [1.165, 1.54) is 29.2 Å². The van der Waals surface area contributed by atoms with Crippen LogP contribution in [0.3, 0.4) is 0 Å². The molecule has 3 rings (SSSR count). The van der Waals surface area contributed by atoms with Gasteiger partial charge in [0.2, 0.25) is 11.8 Å². The Labute approximate surface area is 251 Å². The van der Waals surface area contributed by atoms with Gasteiger partial charge in [-0.1, -0.05) is 58.6 Å². The Bertz CT molecular complexity index is 1470. The molecule has 0 fully saturated rings. The van der Waals surface area contributed by atoms with Gasteiger partial charge in [-0.2, -0.15) is 0 Å². The maximum atomic E-state index is 14.0. The van der Waals surface area contributed by atoms with Crippen LogP contribution in [0.25, 0.3) is 0 Å². The number of aryl methyl sites for hydroxylation is 1. The first kappa shape index (κ1) is 31.7. The van der Waals surface area contributed by atoms with Gasteiger partial charge in [-0.3, -0.25) is 13.9 Å². The first-order chi connectivity index (χ1) is 18.6. The van der Waals surface area contributed by atoms with Crippen LogP contribution in [-0.4, -0.2) is 43.3 Å². The molecule has 7 nitrogen and oxygen atoms in total. The van der Waals surface area contributed by atoms with Gasteiger partial charge < -0.3 is 10.2 Å². The Morgan fingerprint density at radius 2 is 1.48 bits per heavy atom. The van der Waals surface area contributed by atoms with Crippen LogP contribution < -0.4 is 9.62 Å². The van der Waals surface area contributed by atoms with E-state index >= 15 is 0 Å². The lowest BCUT2D eigenvalue weighted by Crippen LogP contribution is -2.54. The first-order valence-electron chi connectivity index (χ1n) is 12.5. The number of carbonyl (C=O) groups is 2. The predicted octanol–water partition coefficient (Wildman–Crippen LogP) is 6.48. The highest BCUT2D eigenvalue weighted by Crippen LogP contribution is 2.27. The van der Waals surface area contributed by atoms with Gasteiger partial charge in [-0.15, -0.1) is 0 Å². The molecule has 40 heavy (non-hydrogen) atoms. The van der Waals surface area contributed by atoms with E-state index < -0.39 is 40.0 Å². The maximum absolute atomic E-state index is 14.0. The number of amides is 2. The van der Waals surface area contributed by atoms with Crippen LogP contribution in [-0.2, 0) is 26.2 Å². The molecule has 0 aliphatic heterocycles. The quantitative estimate of drug-likeness (QED) is 0.295. The molecule has 0 unspecified atom stereocenters. The number of anilines is 1. The summed E-state index contributed by atoms with van der Waals surface area (Å²) in [6, 6.07) is 16.4. The first-order valence-corrected chi connectivity index (χ1v) is 15.1. The van der Waals surface area contributed by atoms with Gasteiger partial charge in [0.25, 0.3) is 10.0 Å². The number of halogens is 3. The molecular weight excluding hydrogens is 593 g/mol. The summed E-state index contributed by atoms with van der Waals surface area (Å²) in [5.41, 5.74) is 1.13. The van der Waals surface area contributed by atoms with Gasteiger partial charge in [0.15, 0.2) is 0 Å². The number of nitrogens with one attached hydrogen (secondary N) is 1. The predicted molar refractivity (Wildman–Crippen MR) is 162 cm³/mol. The van der Waals surface area contributed by atoms with E-state index in [0.717, 1.165) is 9.87 Å². The highest BCUT2D eigenvalue weighted by Gasteiger charge is 2.33. The Morgan fingerprint density at radius 3 is 2.02 bits per heavy atom. The van der Waals surface area contributed by atoms with E-state index in [1.54, 1.807) is 49.4 Å². The van der Waals surface area contributed by atoms with Crippen LogP contribution in [0.4, 0.5) is 5.69 Å². The van der Waals surface area contributed by atoms with Crippen molar-refractivity contribution in [2.75, 3.05) is 10.8 Å². The molecule has 1 N–H and O–H groups in total. The lowest BCUT2D eigenvalue weighted by atomic mass is 10.1. The zero-order valence-electron chi connectivity index (χ0n) is 22.9. The summed E-state index contributed by atoms with van der Waals surface area (Å²) >= 11 is 18.5. The van der Waals surface area contributed by atoms with E-state index in [1.807, 2.05) is 27.7 Å². The van der Waals surface area contributed by atoms with E-state index in [4.69, 9.17) is 34.8 Å². The number of hydrogen-bond acceptors (Lipinski definition) is 4. The molecule has 0 saturated heterocycles. The number of carbonyl (C=O) groups excluding carboxylic acids is 2. The molecule has 3 aromatic carbocycles. The smallest absolute Gasteiger partial charge is 0.264 e. The third-order valence-corrected chi connectivity index (χ3v) is 8.65. The molecule has 0 spiro atoms. The summed E-state index contributed by atoms with van der Waals surface area (Å²) in [4.78, 5) is 28.5. The SMILES string of the molecule is Cc1ccc(S(=O)(=O)N(CC(=O)N(Cc2ccc(Cl)cc2Cl)[C@@H](C)C(=O)NC(C)(C)C)c2ccc(Cl)cc2)cc1. The highest BCUT2D eigenvalue weighted by molar-refractivity contribution is 7.92. The number of sulfonamides is 1. The molecule has 0 bridgehead atoms. The lowest BCUT2D eigenvalue weighted by molar-refractivity contribution is -0.140. The maximum Gasteiger partial charge on any atom is 0.264 e. The zero-order valence-corrected chi connectivity index (χ0v) is 26.0. The number of benzene rings is 3. The summed E-state index contributed by atoms with van der Waals surface area (Å²) in [5, 5.41) is 4.03. The molecule has 0 aliphatic rings. The molecule has 0 aromatic heterocycles. The van der Waals surface area contributed by atoms with E-state index in [0.29, 0.717) is 20.6 Å². The average molecular weight is 625 g/mol. The summed E-state index contributed by atoms with van der Waals surface area (Å²) in [7, 11) is -4.18. The largest absolute Gasteiger partial charge is 0.350 e. The summed E-state index contributed by atoms with van der Waals surface area (Å²) < 4.78 is 28.7. The zero-order chi connectivity index (χ0) is 29.8. The van der Waals surface area contributed by atoms with Crippen molar-refractivity contribution in [2.45, 2.75) is 57.6 Å². The summed E-state index contributed by atoms with van der Waals surface area (Å²) in [6.07, 6.45) is 0. The molecule has 0 radical (unpaired) electrons. The number of hydrogen-bond donors (Lipinski definition) is 1. The monoisotopic (exact) mass is 623 g/mol. The fourth-order valence-corrected chi connectivity index (χ4v) is 5.87. The summed E-state index contributed by atoms with van der Waals surface area (Å²) in [6.45, 7) is 8.30. The third kappa shape index (κ3) is 8.13. The van der Waals surface area contributed by atoms with Crippen molar-refractivity contribution in [3.05, 3.63) is 92.9 Å². The molecule has 0 aliphatic carbocycles. The van der Waals surface area contributed by atoms with Crippen LogP contribution >= 0.6 is 34.8 Å². The Balaban J connectivity index is 2.05. The average Bonchev–Trinajstić information content (AvgIpc) is 2.86. The van der Waals surface area contributed by atoms with Crippen LogP contribution in [0.15, 0.2) is 71.6 Å². The fraction of sp³-hybridized carbons (Fsp3) is 0.310. The van der Waals surface area contributed by atoms with E-state index in [-0.39, 0.29) is 17.1 Å². The van der Waals surface area contributed by atoms with Crippen molar-refractivity contribution in [3.63, 3.8) is 0 Å². The second-order valence-electron chi connectivity index (χ2n) is 10.5. The van der Waals surface area contributed by atoms with Crippen LogP contribution in [0.1, 0.15) is 38.8 Å². The van der Waals surface area contributed by atoms with E-state index in [9.17, 15) is 18.0 Å². The van der Waals surface area contributed by atoms with Crippen molar-refractivity contribution in [2.24, 2.45) is 0 Å². The Kier molecular flexibility index (Phi) is 10.2. The molecule has 0 heterocycles. The third-order valence-electron chi connectivity index (χ3n) is 6.02. The second kappa shape index (κ2) is 12.8. The molecule has 0 saturated carbocycles. The summed E-state index contributed by atoms with van der Waals surface area (Å²) in [5.74, 6) is -1.00. The van der Waals surface area contributed by atoms with Crippen molar-refractivity contribution in [3.8, 4) is 0 Å². The van der Waals surface area contributed by atoms with Gasteiger partial charge in [0, 0.05) is 27.2 Å². The minimum Gasteiger partial charge on any atom is -0.350 e. The lowest BCUT2D eigenvalue weighted by Gasteiger charge is -2.33. The van der Waals surface area contributed by atoms with Crippen molar-refractivity contribution < 1.29 is 18.0 Å². The molecule has 1 atom stereocenters. The van der Waals surface area contributed by atoms with Crippen molar-refractivity contribution in [1.29, 1.82) is 0 Å². The minimum absolute atomic E-state index is 0.0201. The van der Waals surface area contributed by atoms with Gasteiger partial charge in [-0.25, -0.2) is 8.42 Å². The van der Waals surface area contributed by atoms with Crippen LogP contribution in [0.2, 0.25) is 15.1 Å². The normalized spacial score (nSPS) is 12.5. The Hall–Kier alpha value is -2.78. The fourth-order valence-electron chi connectivity index (χ4n) is 3.86. The molecule has 11 heteroatoms. The van der Waals surface area contributed by atoms with Crippen molar-refractivity contribution >= 4 is 62.3 Å². The van der Waals surface area contributed by atoms with Gasteiger partial charge >= 0.3 is 0 Å². The highest BCUT2D eigenvalue weighted by atomic mass is 35.5. The molecule has 3 aromatic rings. The van der Waals surface area contributed by atoms with Crippen LogP contribution in [0.5, 0.6) is 0 Å². The standard InChI is InChI=1S/C29H32Cl3N3O4S/c1-19-6-14-25(15-7-19)40(38,39)35(24-12-10-22(30)11-13-24)18-27(36)34(20(2)28(37)33-29(3,4)5)17-21-8-9-23(31)16-26(21)32/h6-16,20H,17-18H2,1-5H3,(H,33,37)/t20-/m0/s1. The molecular formula is C29H32Cl3N3O4S. The Morgan fingerprint density at radius 1 is 0.900 bits per heavy atom.